The van der Waals surface area contributed by atoms with E-state index in [-0.39, 0.29) is 17.2 Å². The molecule has 0 bridgehead atoms. The van der Waals surface area contributed by atoms with E-state index in [1.807, 2.05) is 13.3 Å². The minimum atomic E-state index is -0.680. The van der Waals surface area contributed by atoms with Gasteiger partial charge in [0.2, 0.25) is 0 Å². The average molecular weight is 383 g/mol. The Hall–Kier alpha value is -1.94. The van der Waals surface area contributed by atoms with E-state index in [0.717, 1.165) is 49.2 Å². The number of nitrogens with zero attached hydrogens (tertiary/aromatic N) is 2. The number of fused-ring (bicyclic) bond motifs is 2. The molecule has 150 valence electrons. The van der Waals surface area contributed by atoms with E-state index in [9.17, 15) is 9.50 Å². The predicted octanol–water partition coefficient (Wildman–Crippen LogP) is 5.69. The Bertz CT molecular complexity index is 894. The Labute approximate surface area is 167 Å². The molecule has 0 unspecified atom stereocenters. The molecular formula is C24H31FN2O. The highest BCUT2D eigenvalue weighted by atomic mass is 19.1. The fourth-order valence-electron chi connectivity index (χ4n) is 5.76. The van der Waals surface area contributed by atoms with Crippen LogP contribution in [-0.2, 0) is 6.54 Å². The van der Waals surface area contributed by atoms with Gasteiger partial charge in [-0.2, -0.15) is 0 Å². The lowest BCUT2D eigenvalue weighted by atomic mass is 9.57. The van der Waals surface area contributed by atoms with Crippen LogP contribution in [0.15, 0.2) is 36.2 Å². The molecule has 4 rings (SSSR count). The van der Waals surface area contributed by atoms with Gasteiger partial charge in [-0.25, -0.2) is 9.37 Å². The zero-order chi connectivity index (χ0) is 20.1. The summed E-state index contributed by atoms with van der Waals surface area (Å²) < 4.78 is 15.5. The van der Waals surface area contributed by atoms with Gasteiger partial charge in [-0.1, -0.05) is 26.3 Å². The van der Waals surface area contributed by atoms with Gasteiger partial charge >= 0.3 is 0 Å². The average Bonchev–Trinajstić information content (AvgIpc) is 3.00. The van der Waals surface area contributed by atoms with Crippen molar-refractivity contribution in [1.82, 2.24) is 9.55 Å². The van der Waals surface area contributed by atoms with Gasteiger partial charge in [0, 0.05) is 17.5 Å². The van der Waals surface area contributed by atoms with E-state index in [2.05, 4.69) is 36.4 Å². The van der Waals surface area contributed by atoms with Crippen LogP contribution in [0.25, 0.3) is 17.3 Å². The second kappa shape index (κ2) is 6.84. The highest BCUT2D eigenvalue weighted by molar-refractivity contribution is 5.72. The summed E-state index contributed by atoms with van der Waals surface area (Å²) in [6, 6.07) is 6.56. The zero-order valence-electron chi connectivity index (χ0n) is 17.4. The third-order valence-corrected chi connectivity index (χ3v) is 6.82. The molecular weight excluding hydrogens is 351 g/mol. The maximum atomic E-state index is 13.3. The quantitative estimate of drug-likeness (QED) is 0.738. The number of imidazole rings is 1. The van der Waals surface area contributed by atoms with E-state index in [4.69, 9.17) is 0 Å². The molecule has 3 nitrogen and oxygen atoms in total. The van der Waals surface area contributed by atoms with Crippen molar-refractivity contribution < 1.29 is 9.50 Å². The summed E-state index contributed by atoms with van der Waals surface area (Å²) in [5.41, 5.74) is 3.62. The van der Waals surface area contributed by atoms with Gasteiger partial charge < -0.3 is 9.67 Å². The Kier molecular flexibility index (Phi) is 4.73. The van der Waals surface area contributed by atoms with Crippen LogP contribution >= 0.6 is 0 Å². The zero-order valence-corrected chi connectivity index (χ0v) is 17.4. The lowest BCUT2D eigenvalue weighted by molar-refractivity contribution is -0.0779. The minimum absolute atomic E-state index is 0.0651. The number of rotatable bonds is 4. The Morgan fingerprint density at radius 3 is 2.71 bits per heavy atom. The highest BCUT2D eigenvalue weighted by Crippen LogP contribution is 2.54. The van der Waals surface area contributed by atoms with Crippen LogP contribution in [0, 0.1) is 23.1 Å². The van der Waals surface area contributed by atoms with E-state index in [0.29, 0.717) is 5.92 Å². The molecule has 1 aliphatic heterocycles. The van der Waals surface area contributed by atoms with Crippen molar-refractivity contribution >= 4 is 6.08 Å². The Morgan fingerprint density at radius 2 is 2.04 bits per heavy atom. The Balaban J connectivity index is 1.73. The molecule has 0 amide bonds. The lowest BCUT2D eigenvalue weighted by Gasteiger charge is -2.52. The van der Waals surface area contributed by atoms with Gasteiger partial charge in [-0.3, -0.25) is 0 Å². The normalized spacial score (nSPS) is 26.4. The van der Waals surface area contributed by atoms with Gasteiger partial charge in [0.05, 0.1) is 23.3 Å². The van der Waals surface area contributed by atoms with E-state index >= 15 is 0 Å². The van der Waals surface area contributed by atoms with Crippen LogP contribution in [0.4, 0.5) is 4.39 Å². The van der Waals surface area contributed by atoms with Gasteiger partial charge in [0.25, 0.3) is 0 Å². The molecule has 1 N–H and O–H groups in total. The molecule has 2 heterocycles. The molecule has 28 heavy (non-hydrogen) atoms. The van der Waals surface area contributed by atoms with Gasteiger partial charge in [0.15, 0.2) is 0 Å². The maximum absolute atomic E-state index is 13.3. The van der Waals surface area contributed by atoms with Crippen molar-refractivity contribution in [3.63, 3.8) is 0 Å². The van der Waals surface area contributed by atoms with Crippen LogP contribution in [-0.4, -0.2) is 20.3 Å². The van der Waals surface area contributed by atoms with Crippen molar-refractivity contribution in [2.75, 3.05) is 0 Å². The molecule has 1 aliphatic carbocycles. The van der Waals surface area contributed by atoms with E-state index in [1.54, 1.807) is 12.1 Å². The number of hydrogen-bond acceptors (Lipinski definition) is 2. The van der Waals surface area contributed by atoms with Crippen molar-refractivity contribution in [2.24, 2.45) is 17.3 Å². The first kappa shape index (κ1) is 19.4. The van der Waals surface area contributed by atoms with Crippen LogP contribution < -0.4 is 0 Å². The number of halogens is 1. The van der Waals surface area contributed by atoms with Crippen LogP contribution in [0.5, 0.6) is 0 Å². The Morgan fingerprint density at radius 1 is 1.32 bits per heavy atom. The second-order valence-corrected chi connectivity index (χ2v) is 9.60. The van der Waals surface area contributed by atoms with E-state index < -0.39 is 5.60 Å². The minimum Gasteiger partial charge on any atom is -0.390 e. The number of aliphatic hydroxyl groups is 1. The SMILES string of the molecule is CC(C)C[C@@](C)(O)[C@H]1CCCC2=Cc3c(-c4ccc(F)cc4)ncn3C[C@@]21C. The lowest BCUT2D eigenvalue weighted by Crippen LogP contribution is -2.50. The summed E-state index contributed by atoms with van der Waals surface area (Å²) in [6.07, 6.45) is 8.24. The molecule has 1 saturated carbocycles. The maximum Gasteiger partial charge on any atom is 0.123 e. The summed E-state index contributed by atoms with van der Waals surface area (Å²) >= 11 is 0. The standard InChI is InChI=1S/C24H31FN2O/c1-16(2)13-24(4,28)21-7-5-6-18-12-20-22(17-8-10-19(25)11-9-17)26-15-27(20)14-23(18,21)3/h8-12,15-16,21,28H,5-7,13-14H2,1-4H3/t21-,23-,24+/m0/s1. The van der Waals surface area contributed by atoms with Crippen LogP contribution in [0.3, 0.4) is 0 Å². The number of benzene rings is 1. The molecule has 2 aromatic rings. The molecule has 1 aromatic heterocycles. The largest absolute Gasteiger partial charge is 0.390 e. The number of hydrogen-bond donors (Lipinski definition) is 1. The van der Waals surface area contributed by atoms with Crippen molar-refractivity contribution in [3.05, 3.63) is 47.7 Å². The molecule has 0 spiro atoms. The van der Waals surface area contributed by atoms with Crippen molar-refractivity contribution in [3.8, 4) is 11.3 Å². The predicted molar refractivity (Wildman–Crippen MR) is 111 cm³/mol. The summed E-state index contributed by atoms with van der Waals surface area (Å²) in [6.45, 7) is 9.54. The molecule has 0 saturated heterocycles. The van der Waals surface area contributed by atoms with E-state index in [1.165, 1.54) is 17.7 Å². The fraction of sp³-hybridized carbons (Fsp3) is 0.542. The third kappa shape index (κ3) is 3.22. The van der Waals surface area contributed by atoms with Crippen LogP contribution in [0.1, 0.15) is 59.1 Å². The van der Waals surface area contributed by atoms with Crippen molar-refractivity contribution in [2.45, 2.75) is 65.5 Å². The summed E-state index contributed by atoms with van der Waals surface area (Å²) in [4.78, 5) is 4.66. The monoisotopic (exact) mass is 382 g/mol. The topological polar surface area (TPSA) is 38.1 Å². The molecule has 3 atom stereocenters. The highest BCUT2D eigenvalue weighted by Gasteiger charge is 2.50. The first-order valence-electron chi connectivity index (χ1n) is 10.5. The van der Waals surface area contributed by atoms with Crippen molar-refractivity contribution in [1.29, 1.82) is 0 Å². The molecule has 0 radical (unpaired) electrons. The first-order chi connectivity index (χ1) is 13.2. The van der Waals surface area contributed by atoms with Gasteiger partial charge in [0.1, 0.15) is 5.82 Å². The van der Waals surface area contributed by atoms with Gasteiger partial charge in [-0.15, -0.1) is 0 Å². The molecule has 4 heteroatoms. The molecule has 2 aliphatic rings. The number of allylic oxidation sites excluding steroid dienone is 1. The fourth-order valence-corrected chi connectivity index (χ4v) is 5.76. The van der Waals surface area contributed by atoms with Crippen LogP contribution in [0.2, 0.25) is 0 Å². The molecule has 1 fully saturated rings. The second-order valence-electron chi connectivity index (χ2n) is 9.60. The summed E-state index contributed by atoms with van der Waals surface area (Å²) in [7, 11) is 0. The molecule has 1 aromatic carbocycles. The first-order valence-corrected chi connectivity index (χ1v) is 10.5. The van der Waals surface area contributed by atoms with Gasteiger partial charge in [-0.05, 0) is 74.8 Å². The summed E-state index contributed by atoms with van der Waals surface area (Å²) in [5.74, 6) is 0.461. The number of aromatic nitrogens is 2. The smallest absolute Gasteiger partial charge is 0.123 e. The third-order valence-electron chi connectivity index (χ3n) is 6.82. The summed E-state index contributed by atoms with van der Waals surface area (Å²) in [5, 5.41) is 11.4.